The van der Waals surface area contributed by atoms with Crippen molar-refractivity contribution >= 4 is 0 Å². The predicted molar refractivity (Wildman–Crippen MR) is 85.2 cm³/mol. The minimum atomic E-state index is 0.615. The zero-order valence-electron chi connectivity index (χ0n) is 13.4. The quantitative estimate of drug-likeness (QED) is 0.538. The number of hydrogen-bond donors (Lipinski definition) is 0. The SMILES string of the molecule is CCCC[N+](CC)(CCCC)C(C)c1ccccc1. The number of quaternary nitrogens is 1. The Hall–Kier alpha value is -0.820. The van der Waals surface area contributed by atoms with Crippen LogP contribution in [0.2, 0.25) is 0 Å². The van der Waals surface area contributed by atoms with E-state index in [1.807, 2.05) is 0 Å². The van der Waals surface area contributed by atoms with E-state index in [-0.39, 0.29) is 0 Å². The molecule has 0 saturated carbocycles. The topological polar surface area (TPSA) is 0 Å². The van der Waals surface area contributed by atoms with Crippen LogP contribution < -0.4 is 0 Å². The molecule has 19 heavy (non-hydrogen) atoms. The molecule has 108 valence electrons. The molecule has 0 bridgehead atoms. The summed E-state index contributed by atoms with van der Waals surface area (Å²) in [7, 11) is 0. The van der Waals surface area contributed by atoms with Gasteiger partial charge < -0.3 is 4.48 Å². The summed E-state index contributed by atoms with van der Waals surface area (Å²) >= 11 is 0. The molecule has 1 rings (SSSR count). The van der Waals surface area contributed by atoms with Gasteiger partial charge in [0.1, 0.15) is 6.04 Å². The molecule has 0 aliphatic rings. The molecule has 1 aromatic rings. The fourth-order valence-corrected chi connectivity index (χ4v) is 3.08. The number of nitrogens with zero attached hydrogens (tertiary/aromatic N) is 1. The van der Waals surface area contributed by atoms with Gasteiger partial charge >= 0.3 is 0 Å². The van der Waals surface area contributed by atoms with Gasteiger partial charge in [0.05, 0.1) is 19.6 Å². The molecule has 1 nitrogen and oxygen atoms in total. The molecule has 0 saturated heterocycles. The Kier molecular flexibility index (Phi) is 7.15. The van der Waals surface area contributed by atoms with Crippen LogP contribution in [-0.4, -0.2) is 24.1 Å². The molecule has 0 aliphatic carbocycles. The first-order chi connectivity index (χ1) is 9.20. The van der Waals surface area contributed by atoms with Gasteiger partial charge in [0.15, 0.2) is 0 Å². The Balaban J connectivity index is 2.92. The zero-order chi connectivity index (χ0) is 14.1. The van der Waals surface area contributed by atoms with Gasteiger partial charge in [-0.25, -0.2) is 0 Å². The smallest absolute Gasteiger partial charge is 0.112 e. The normalized spacial score (nSPS) is 13.5. The summed E-state index contributed by atoms with van der Waals surface area (Å²) in [6.45, 7) is 13.3. The third-order valence-electron chi connectivity index (χ3n) is 4.65. The average Bonchev–Trinajstić information content (AvgIpc) is 2.48. The molecule has 1 heteroatoms. The van der Waals surface area contributed by atoms with Crippen molar-refractivity contribution in [1.82, 2.24) is 0 Å². The highest BCUT2D eigenvalue weighted by molar-refractivity contribution is 5.16. The van der Waals surface area contributed by atoms with E-state index in [2.05, 4.69) is 58.0 Å². The lowest BCUT2D eigenvalue weighted by Crippen LogP contribution is -2.50. The minimum Gasteiger partial charge on any atom is -0.318 e. The highest BCUT2D eigenvalue weighted by Crippen LogP contribution is 2.29. The van der Waals surface area contributed by atoms with Gasteiger partial charge in [-0.15, -0.1) is 0 Å². The van der Waals surface area contributed by atoms with E-state index in [0.29, 0.717) is 6.04 Å². The maximum atomic E-state index is 2.42. The number of benzene rings is 1. The first kappa shape index (κ1) is 16.2. The van der Waals surface area contributed by atoms with E-state index in [9.17, 15) is 0 Å². The van der Waals surface area contributed by atoms with E-state index >= 15 is 0 Å². The van der Waals surface area contributed by atoms with Crippen LogP contribution in [0.25, 0.3) is 0 Å². The largest absolute Gasteiger partial charge is 0.318 e. The zero-order valence-corrected chi connectivity index (χ0v) is 13.4. The molecule has 0 radical (unpaired) electrons. The van der Waals surface area contributed by atoms with Gasteiger partial charge in [-0.1, -0.05) is 57.0 Å². The van der Waals surface area contributed by atoms with Crippen LogP contribution in [0.5, 0.6) is 0 Å². The van der Waals surface area contributed by atoms with Crippen molar-refractivity contribution in [3.63, 3.8) is 0 Å². The first-order valence-electron chi connectivity index (χ1n) is 8.10. The summed E-state index contributed by atoms with van der Waals surface area (Å²) in [5, 5.41) is 0. The Bertz CT molecular complexity index is 323. The standard InChI is InChI=1S/C18H32N/c1-5-8-15-19(7-3,16-9-6-2)17(4)18-13-11-10-12-14-18/h10-14,17H,5-9,15-16H2,1-4H3/q+1. The molecule has 0 heterocycles. The molecule has 0 aliphatic heterocycles. The van der Waals surface area contributed by atoms with Crippen molar-refractivity contribution in [2.75, 3.05) is 19.6 Å². The van der Waals surface area contributed by atoms with Crippen molar-refractivity contribution in [3.05, 3.63) is 35.9 Å². The molecule has 0 amide bonds. The molecule has 0 spiro atoms. The van der Waals surface area contributed by atoms with Gasteiger partial charge in [-0.3, -0.25) is 0 Å². The summed E-state index contributed by atoms with van der Waals surface area (Å²) < 4.78 is 1.26. The molecule has 1 aromatic carbocycles. The van der Waals surface area contributed by atoms with Crippen molar-refractivity contribution < 1.29 is 4.48 Å². The highest BCUT2D eigenvalue weighted by atomic mass is 15.4. The summed E-state index contributed by atoms with van der Waals surface area (Å²) in [5.41, 5.74) is 1.50. The van der Waals surface area contributed by atoms with Crippen LogP contribution >= 0.6 is 0 Å². The lowest BCUT2D eigenvalue weighted by atomic mass is 10.0. The van der Waals surface area contributed by atoms with Crippen molar-refractivity contribution in [2.45, 2.75) is 59.4 Å². The number of hydrogen-bond acceptors (Lipinski definition) is 0. The Labute approximate surface area is 120 Å². The van der Waals surface area contributed by atoms with E-state index in [0.717, 1.165) is 0 Å². The summed E-state index contributed by atoms with van der Waals surface area (Å²) in [5.74, 6) is 0. The number of unbranched alkanes of at least 4 members (excludes halogenated alkanes) is 2. The highest BCUT2D eigenvalue weighted by Gasteiger charge is 2.32. The molecule has 0 fully saturated rings. The van der Waals surface area contributed by atoms with Crippen molar-refractivity contribution in [1.29, 1.82) is 0 Å². The second-order valence-electron chi connectivity index (χ2n) is 5.78. The fraction of sp³-hybridized carbons (Fsp3) is 0.667. The van der Waals surface area contributed by atoms with E-state index in [1.54, 1.807) is 0 Å². The first-order valence-corrected chi connectivity index (χ1v) is 8.10. The Morgan fingerprint density at radius 2 is 1.42 bits per heavy atom. The second-order valence-corrected chi connectivity index (χ2v) is 5.78. The van der Waals surface area contributed by atoms with Crippen LogP contribution in [0.4, 0.5) is 0 Å². The minimum absolute atomic E-state index is 0.615. The maximum Gasteiger partial charge on any atom is 0.112 e. The molecule has 1 atom stereocenters. The van der Waals surface area contributed by atoms with Crippen LogP contribution in [0, 0.1) is 0 Å². The van der Waals surface area contributed by atoms with Crippen LogP contribution in [0.3, 0.4) is 0 Å². The fourth-order valence-electron chi connectivity index (χ4n) is 3.08. The van der Waals surface area contributed by atoms with Gasteiger partial charge in [0.2, 0.25) is 0 Å². The van der Waals surface area contributed by atoms with Gasteiger partial charge in [-0.2, -0.15) is 0 Å². The van der Waals surface area contributed by atoms with Gasteiger partial charge in [-0.05, 0) is 26.7 Å². The Morgan fingerprint density at radius 3 is 1.84 bits per heavy atom. The molecule has 1 unspecified atom stereocenters. The van der Waals surface area contributed by atoms with Gasteiger partial charge in [0.25, 0.3) is 0 Å². The van der Waals surface area contributed by atoms with Crippen LogP contribution in [0.15, 0.2) is 30.3 Å². The third-order valence-corrected chi connectivity index (χ3v) is 4.65. The van der Waals surface area contributed by atoms with Crippen molar-refractivity contribution in [2.24, 2.45) is 0 Å². The summed E-state index contributed by atoms with van der Waals surface area (Å²) in [6.07, 6.45) is 5.28. The van der Waals surface area contributed by atoms with E-state index < -0.39 is 0 Å². The molecular weight excluding hydrogens is 230 g/mol. The van der Waals surface area contributed by atoms with E-state index in [4.69, 9.17) is 0 Å². The second kappa shape index (κ2) is 8.37. The van der Waals surface area contributed by atoms with E-state index in [1.165, 1.54) is 55.4 Å². The van der Waals surface area contributed by atoms with Crippen LogP contribution in [-0.2, 0) is 0 Å². The lowest BCUT2D eigenvalue weighted by molar-refractivity contribution is -0.954. The third kappa shape index (κ3) is 4.35. The summed E-state index contributed by atoms with van der Waals surface area (Å²) in [4.78, 5) is 0. The molecule has 0 aromatic heterocycles. The monoisotopic (exact) mass is 262 g/mol. The van der Waals surface area contributed by atoms with Gasteiger partial charge in [0, 0.05) is 5.56 Å². The maximum absolute atomic E-state index is 2.42. The average molecular weight is 262 g/mol. The molecule has 0 N–H and O–H groups in total. The lowest BCUT2D eigenvalue weighted by Gasteiger charge is -2.43. The van der Waals surface area contributed by atoms with Crippen LogP contribution in [0.1, 0.15) is 65.0 Å². The van der Waals surface area contributed by atoms with Crippen molar-refractivity contribution in [3.8, 4) is 0 Å². The summed E-state index contributed by atoms with van der Waals surface area (Å²) in [6, 6.07) is 11.7. The predicted octanol–water partition coefficient (Wildman–Crippen LogP) is 5.18. The number of rotatable bonds is 9. The molecular formula is C18H32N+. The Morgan fingerprint density at radius 1 is 0.895 bits per heavy atom.